The molecule has 0 saturated carbocycles. The predicted molar refractivity (Wildman–Crippen MR) is 73.3 cm³/mol. The fraction of sp³-hybridized carbons (Fsp3) is 0. The lowest BCUT2D eigenvalue weighted by molar-refractivity contribution is 0.0698. The van der Waals surface area contributed by atoms with E-state index in [4.69, 9.17) is 34.0 Å². The Bertz CT molecular complexity index is 626. The fourth-order valence-electron chi connectivity index (χ4n) is 1.65. The topological polar surface area (TPSA) is 63.3 Å². The molecule has 3 nitrogen and oxygen atoms in total. The van der Waals surface area contributed by atoms with Gasteiger partial charge in [-0.15, -0.1) is 0 Å². The minimum Gasteiger partial charge on any atom is -0.478 e. The number of carboxylic acids is 1. The first-order chi connectivity index (χ1) is 8.49. The van der Waals surface area contributed by atoms with E-state index < -0.39 is 5.97 Å². The summed E-state index contributed by atoms with van der Waals surface area (Å²) >= 11 is 11.9. The molecule has 0 spiro atoms. The maximum Gasteiger partial charge on any atom is 0.337 e. The maximum atomic E-state index is 10.9. The van der Waals surface area contributed by atoms with Crippen LogP contribution in [0.25, 0.3) is 11.1 Å². The third-order valence-electron chi connectivity index (χ3n) is 2.52. The monoisotopic (exact) mass is 281 g/mol. The summed E-state index contributed by atoms with van der Waals surface area (Å²) < 4.78 is 0. The molecule has 0 saturated heterocycles. The minimum absolute atomic E-state index is 0.0730. The van der Waals surface area contributed by atoms with Crippen molar-refractivity contribution >= 4 is 34.9 Å². The van der Waals surface area contributed by atoms with Gasteiger partial charge in [0.15, 0.2) is 0 Å². The Morgan fingerprint density at radius 1 is 1.11 bits per heavy atom. The van der Waals surface area contributed by atoms with Gasteiger partial charge in [0, 0.05) is 21.3 Å². The summed E-state index contributed by atoms with van der Waals surface area (Å²) in [5.74, 6) is -1.05. The van der Waals surface area contributed by atoms with Crippen molar-refractivity contribution in [2.24, 2.45) is 0 Å². The highest BCUT2D eigenvalue weighted by molar-refractivity contribution is 6.36. The lowest BCUT2D eigenvalue weighted by Gasteiger charge is -2.07. The third kappa shape index (κ3) is 2.42. The zero-order chi connectivity index (χ0) is 13.3. The van der Waals surface area contributed by atoms with Crippen LogP contribution < -0.4 is 5.73 Å². The number of rotatable bonds is 2. The van der Waals surface area contributed by atoms with E-state index in [1.807, 2.05) is 0 Å². The van der Waals surface area contributed by atoms with Gasteiger partial charge in [0.25, 0.3) is 0 Å². The van der Waals surface area contributed by atoms with Gasteiger partial charge in [-0.05, 0) is 29.8 Å². The fourth-order valence-corrected chi connectivity index (χ4v) is 2.17. The maximum absolute atomic E-state index is 10.9. The largest absolute Gasteiger partial charge is 0.478 e. The average Bonchev–Trinajstić information content (AvgIpc) is 2.28. The van der Waals surface area contributed by atoms with Crippen molar-refractivity contribution in [2.75, 3.05) is 5.73 Å². The molecular formula is C13H9Cl2NO2. The Morgan fingerprint density at radius 3 is 2.39 bits per heavy atom. The van der Waals surface area contributed by atoms with Crippen LogP contribution in [-0.4, -0.2) is 11.1 Å². The number of benzene rings is 2. The molecule has 0 atom stereocenters. The van der Waals surface area contributed by atoms with Crippen LogP contribution in [0.1, 0.15) is 10.4 Å². The molecule has 3 N–H and O–H groups in total. The Hall–Kier alpha value is -1.71. The van der Waals surface area contributed by atoms with E-state index in [-0.39, 0.29) is 11.3 Å². The van der Waals surface area contributed by atoms with E-state index in [1.54, 1.807) is 30.3 Å². The van der Waals surface area contributed by atoms with E-state index in [9.17, 15) is 4.79 Å². The molecule has 0 radical (unpaired) electrons. The number of nitrogen functional groups attached to an aromatic ring is 1. The molecule has 0 fully saturated rings. The van der Waals surface area contributed by atoms with Crippen LogP contribution in [0.5, 0.6) is 0 Å². The first-order valence-electron chi connectivity index (χ1n) is 5.07. The number of aromatic carboxylic acids is 1. The zero-order valence-corrected chi connectivity index (χ0v) is 10.7. The standard InChI is InChI=1S/C13H9Cl2NO2/c14-8-2-4-9(11(15)6-8)7-1-3-10(13(17)18)12(16)5-7/h1-6H,16H2,(H,17,18). The van der Waals surface area contributed by atoms with E-state index in [2.05, 4.69) is 0 Å². The molecule has 0 aliphatic carbocycles. The highest BCUT2D eigenvalue weighted by Gasteiger charge is 2.10. The van der Waals surface area contributed by atoms with Crippen LogP contribution in [0.2, 0.25) is 10.0 Å². The zero-order valence-electron chi connectivity index (χ0n) is 9.15. The van der Waals surface area contributed by atoms with Gasteiger partial charge < -0.3 is 10.8 Å². The molecule has 18 heavy (non-hydrogen) atoms. The van der Waals surface area contributed by atoms with Crippen LogP contribution in [0.4, 0.5) is 5.69 Å². The first kappa shape index (κ1) is 12.7. The lowest BCUT2D eigenvalue weighted by Crippen LogP contribution is -2.02. The number of anilines is 1. The Kier molecular flexibility index (Phi) is 3.45. The van der Waals surface area contributed by atoms with Crippen LogP contribution in [0.15, 0.2) is 36.4 Å². The van der Waals surface area contributed by atoms with Crippen molar-refractivity contribution in [2.45, 2.75) is 0 Å². The molecule has 2 aromatic rings. The van der Waals surface area contributed by atoms with Crippen molar-refractivity contribution in [1.29, 1.82) is 0 Å². The van der Waals surface area contributed by atoms with Gasteiger partial charge >= 0.3 is 5.97 Å². The smallest absolute Gasteiger partial charge is 0.337 e. The molecular weight excluding hydrogens is 273 g/mol. The molecule has 0 amide bonds. The summed E-state index contributed by atoms with van der Waals surface area (Å²) in [6, 6.07) is 9.80. The number of hydrogen-bond donors (Lipinski definition) is 2. The highest BCUT2D eigenvalue weighted by Crippen LogP contribution is 2.32. The summed E-state index contributed by atoms with van der Waals surface area (Å²) in [6.07, 6.45) is 0. The molecule has 2 aromatic carbocycles. The first-order valence-corrected chi connectivity index (χ1v) is 5.83. The normalized spacial score (nSPS) is 10.3. The quantitative estimate of drug-likeness (QED) is 0.820. The Labute approximate surface area is 114 Å². The van der Waals surface area contributed by atoms with Gasteiger partial charge in [-0.1, -0.05) is 35.3 Å². The Morgan fingerprint density at radius 2 is 1.83 bits per heavy atom. The molecule has 5 heteroatoms. The molecule has 0 unspecified atom stereocenters. The van der Waals surface area contributed by atoms with Crippen molar-refractivity contribution in [3.63, 3.8) is 0 Å². The van der Waals surface area contributed by atoms with Crippen LogP contribution in [0, 0.1) is 0 Å². The molecule has 2 rings (SSSR count). The lowest BCUT2D eigenvalue weighted by atomic mass is 10.0. The Balaban J connectivity index is 2.52. The second kappa shape index (κ2) is 4.88. The second-order valence-corrected chi connectivity index (χ2v) is 4.57. The van der Waals surface area contributed by atoms with Gasteiger partial charge in [-0.25, -0.2) is 4.79 Å². The van der Waals surface area contributed by atoms with E-state index >= 15 is 0 Å². The van der Waals surface area contributed by atoms with Gasteiger partial charge in [-0.2, -0.15) is 0 Å². The van der Waals surface area contributed by atoms with Gasteiger partial charge in [0.2, 0.25) is 0 Å². The molecule has 0 aliphatic heterocycles. The number of carbonyl (C=O) groups is 1. The minimum atomic E-state index is -1.05. The molecule has 0 aliphatic rings. The van der Waals surface area contributed by atoms with E-state index in [0.29, 0.717) is 10.0 Å². The summed E-state index contributed by atoms with van der Waals surface area (Å²) in [6.45, 7) is 0. The van der Waals surface area contributed by atoms with Crippen molar-refractivity contribution in [1.82, 2.24) is 0 Å². The predicted octanol–water partition coefficient (Wildman–Crippen LogP) is 3.94. The van der Waals surface area contributed by atoms with Crippen molar-refractivity contribution in [3.8, 4) is 11.1 Å². The SMILES string of the molecule is Nc1cc(-c2ccc(Cl)cc2Cl)ccc1C(=O)O. The van der Waals surface area contributed by atoms with Crippen molar-refractivity contribution in [3.05, 3.63) is 52.0 Å². The number of carboxylic acid groups (broad SMARTS) is 1. The summed E-state index contributed by atoms with van der Waals surface area (Å²) in [5.41, 5.74) is 7.47. The van der Waals surface area contributed by atoms with Crippen LogP contribution >= 0.6 is 23.2 Å². The molecule has 0 bridgehead atoms. The van der Waals surface area contributed by atoms with Gasteiger partial charge in [0.05, 0.1) is 5.56 Å². The molecule has 0 aromatic heterocycles. The summed E-state index contributed by atoms with van der Waals surface area (Å²) in [7, 11) is 0. The number of halogens is 2. The highest BCUT2D eigenvalue weighted by atomic mass is 35.5. The van der Waals surface area contributed by atoms with Crippen LogP contribution in [0.3, 0.4) is 0 Å². The van der Waals surface area contributed by atoms with Crippen LogP contribution in [-0.2, 0) is 0 Å². The molecule has 92 valence electrons. The average molecular weight is 282 g/mol. The van der Waals surface area contributed by atoms with Gasteiger partial charge in [-0.3, -0.25) is 0 Å². The van der Waals surface area contributed by atoms with E-state index in [1.165, 1.54) is 6.07 Å². The number of nitrogens with two attached hydrogens (primary N) is 1. The third-order valence-corrected chi connectivity index (χ3v) is 3.07. The number of hydrogen-bond acceptors (Lipinski definition) is 2. The van der Waals surface area contributed by atoms with Gasteiger partial charge in [0.1, 0.15) is 0 Å². The summed E-state index contributed by atoms with van der Waals surface area (Å²) in [5, 5.41) is 9.93. The molecule has 0 heterocycles. The van der Waals surface area contributed by atoms with Crippen molar-refractivity contribution < 1.29 is 9.90 Å². The van der Waals surface area contributed by atoms with E-state index in [0.717, 1.165) is 11.1 Å². The summed E-state index contributed by atoms with van der Waals surface area (Å²) in [4.78, 5) is 10.9. The second-order valence-electron chi connectivity index (χ2n) is 3.73.